The smallest absolute Gasteiger partial charge is 0.323 e. The van der Waals surface area contributed by atoms with Crippen LogP contribution in [0.25, 0.3) is 5.78 Å². The Morgan fingerprint density at radius 3 is 3.00 bits per heavy atom. The Bertz CT molecular complexity index is 871. The number of nitrogens with zero attached hydrogens (tertiary/aromatic N) is 4. The average molecular weight is 337 g/mol. The number of H-pyrrole nitrogens is 1. The summed E-state index contributed by atoms with van der Waals surface area (Å²) >= 11 is 2.66. The number of aryl methyl sites for hydroxylation is 1. The molecule has 114 valence electrons. The van der Waals surface area contributed by atoms with Crippen molar-refractivity contribution in [2.24, 2.45) is 0 Å². The highest BCUT2D eigenvalue weighted by molar-refractivity contribution is 8.00. The van der Waals surface area contributed by atoms with Crippen molar-refractivity contribution in [3.8, 4) is 0 Å². The fraction of sp³-hybridized carbons (Fsp3) is 0.250. The molecule has 3 rings (SSSR count). The third-order valence-corrected chi connectivity index (χ3v) is 4.77. The molecule has 1 atom stereocenters. The maximum absolute atomic E-state index is 12.0. The Balaban J connectivity index is 2.01. The minimum atomic E-state index is -0.572. The van der Waals surface area contributed by atoms with E-state index in [9.17, 15) is 9.59 Å². The first-order valence-electron chi connectivity index (χ1n) is 6.19. The number of carbonyl (C=O) groups excluding carboxylic acids is 1. The number of hydrogen-bond donors (Lipinski definition) is 1. The SMILES string of the molecule is COC(=O)[C@H](Sc1nnc2[nH]c(=O)c(C)nn12)c1ccsc1. The number of aromatic amines is 1. The summed E-state index contributed by atoms with van der Waals surface area (Å²) in [6, 6.07) is 1.85. The first kappa shape index (κ1) is 14.7. The largest absolute Gasteiger partial charge is 0.468 e. The van der Waals surface area contributed by atoms with Gasteiger partial charge in [0.25, 0.3) is 11.3 Å². The van der Waals surface area contributed by atoms with Crippen molar-refractivity contribution in [3.63, 3.8) is 0 Å². The van der Waals surface area contributed by atoms with Crippen LogP contribution >= 0.6 is 23.1 Å². The second kappa shape index (κ2) is 5.89. The van der Waals surface area contributed by atoms with Crippen LogP contribution in [0.2, 0.25) is 0 Å². The molecular weight excluding hydrogens is 326 g/mol. The number of fused-ring (bicyclic) bond motifs is 1. The lowest BCUT2D eigenvalue weighted by molar-refractivity contribution is -0.140. The van der Waals surface area contributed by atoms with Crippen LogP contribution in [0.5, 0.6) is 0 Å². The van der Waals surface area contributed by atoms with Gasteiger partial charge in [0.15, 0.2) is 0 Å². The van der Waals surface area contributed by atoms with Crippen molar-refractivity contribution < 1.29 is 9.53 Å². The summed E-state index contributed by atoms with van der Waals surface area (Å²) in [6.07, 6.45) is 0. The van der Waals surface area contributed by atoms with E-state index in [2.05, 4.69) is 20.3 Å². The second-order valence-electron chi connectivity index (χ2n) is 4.34. The van der Waals surface area contributed by atoms with Gasteiger partial charge in [0.05, 0.1) is 7.11 Å². The Labute approximate surface area is 132 Å². The van der Waals surface area contributed by atoms with Gasteiger partial charge in [-0.25, -0.2) is 0 Å². The van der Waals surface area contributed by atoms with Gasteiger partial charge in [-0.05, 0) is 29.3 Å². The fourth-order valence-corrected chi connectivity index (χ4v) is 3.56. The van der Waals surface area contributed by atoms with Gasteiger partial charge >= 0.3 is 5.97 Å². The van der Waals surface area contributed by atoms with E-state index in [1.165, 1.54) is 34.7 Å². The number of ether oxygens (including phenoxy) is 1. The van der Waals surface area contributed by atoms with Gasteiger partial charge in [0, 0.05) is 0 Å². The molecule has 0 aliphatic carbocycles. The zero-order valence-electron chi connectivity index (χ0n) is 11.6. The van der Waals surface area contributed by atoms with E-state index in [0.717, 1.165) is 5.56 Å². The zero-order chi connectivity index (χ0) is 15.7. The number of rotatable bonds is 4. The first-order valence-corrected chi connectivity index (χ1v) is 8.01. The maximum Gasteiger partial charge on any atom is 0.323 e. The lowest BCUT2D eigenvalue weighted by Crippen LogP contribution is -2.16. The molecule has 22 heavy (non-hydrogen) atoms. The summed E-state index contributed by atoms with van der Waals surface area (Å²) in [5, 5.41) is 15.6. The van der Waals surface area contributed by atoms with Gasteiger partial charge in [0.1, 0.15) is 10.9 Å². The molecule has 10 heteroatoms. The van der Waals surface area contributed by atoms with E-state index < -0.39 is 5.25 Å². The summed E-state index contributed by atoms with van der Waals surface area (Å²) in [5.41, 5.74) is 0.790. The Morgan fingerprint density at radius 2 is 2.32 bits per heavy atom. The van der Waals surface area contributed by atoms with E-state index in [1.807, 2.05) is 16.8 Å². The highest BCUT2D eigenvalue weighted by Crippen LogP contribution is 2.35. The Kier molecular flexibility index (Phi) is 3.94. The summed E-state index contributed by atoms with van der Waals surface area (Å²) in [6.45, 7) is 1.59. The molecule has 0 bridgehead atoms. The number of esters is 1. The third kappa shape index (κ3) is 2.62. The van der Waals surface area contributed by atoms with Crippen LogP contribution in [0.4, 0.5) is 0 Å². The van der Waals surface area contributed by atoms with Crippen molar-refractivity contribution >= 4 is 34.8 Å². The van der Waals surface area contributed by atoms with Gasteiger partial charge in [-0.3, -0.25) is 14.6 Å². The quantitative estimate of drug-likeness (QED) is 0.563. The topological polar surface area (TPSA) is 102 Å². The van der Waals surface area contributed by atoms with Gasteiger partial charge in [0.2, 0.25) is 5.16 Å². The maximum atomic E-state index is 12.0. The number of hydrogen-bond acceptors (Lipinski definition) is 8. The number of thiophene rings is 1. The molecule has 0 unspecified atom stereocenters. The number of carbonyl (C=O) groups is 1. The molecule has 3 aromatic rings. The lowest BCUT2D eigenvalue weighted by atomic mass is 10.2. The summed E-state index contributed by atoms with van der Waals surface area (Å²) in [4.78, 5) is 26.1. The molecular formula is C12H11N5O3S2. The first-order chi connectivity index (χ1) is 10.6. The zero-order valence-corrected chi connectivity index (χ0v) is 13.3. The van der Waals surface area contributed by atoms with Crippen molar-refractivity contribution in [1.29, 1.82) is 0 Å². The molecule has 0 radical (unpaired) electrons. The van der Waals surface area contributed by atoms with E-state index in [-0.39, 0.29) is 17.3 Å². The van der Waals surface area contributed by atoms with Crippen LogP contribution < -0.4 is 5.56 Å². The molecule has 1 N–H and O–H groups in total. The molecule has 3 aromatic heterocycles. The van der Waals surface area contributed by atoms with E-state index >= 15 is 0 Å². The molecule has 0 saturated heterocycles. The van der Waals surface area contributed by atoms with Crippen LogP contribution in [-0.2, 0) is 9.53 Å². The van der Waals surface area contributed by atoms with Crippen molar-refractivity contribution in [2.45, 2.75) is 17.3 Å². The molecule has 0 aliphatic rings. The third-order valence-electron chi connectivity index (χ3n) is 2.90. The molecule has 0 aliphatic heterocycles. The Hall–Kier alpha value is -2.20. The van der Waals surface area contributed by atoms with Crippen molar-refractivity contribution in [3.05, 3.63) is 38.4 Å². The van der Waals surface area contributed by atoms with Crippen LogP contribution in [0.1, 0.15) is 16.5 Å². The van der Waals surface area contributed by atoms with Crippen LogP contribution in [0.15, 0.2) is 26.8 Å². The molecule has 8 nitrogen and oxygen atoms in total. The van der Waals surface area contributed by atoms with E-state index in [0.29, 0.717) is 10.9 Å². The predicted octanol–water partition coefficient (Wildman–Crippen LogP) is 1.19. The van der Waals surface area contributed by atoms with Crippen molar-refractivity contribution in [2.75, 3.05) is 7.11 Å². The summed E-state index contributed by atoms with van der Waals surface area (Å²) < 4.78 is 6.26. The number of thioether (sulfide) groups is 1. The molecule has 0 fully saturated rings. The van der Waals surface area contributed by atoms with Gasteiger partial charge < -0.3 is 4.74 Å². The molecule has 0 spiro atoms. The molecule has 0 aromatic carbocycles. The van der Waals surface area contributed by atoms with Crippen molar-refractivity contribution in [1.82, 2.24) is 24.8 Å². The highest BCUT2D eigenvalue weighted by Gasteiger charge is 2.26. The van der Waals surface area contributed by atoms with Crippen LogP contribution in [0.3, 0.4) is 0 Å². The number of methoxy groups -OCH3 is 1. The molecule has 0 saturated carbocycles. The van der Waals surface area contributed by atoms with Crippen LogP contribution in [0, 0.1) is 6.92 Å². The number of aromatic nitrogens is 5. The monoisotopic (exact) mass is 337 g/mol. The normalized spacial score (nSPS) is 12.5. The fourth-order valence-electron chi connectivity index (χ4n) is 1.78. The second-order valence-corrected chi connectivity index (χ2v) is 6.19. The van der Waals surface area contributed by atoms with Gasteiger partial charge in [-0.2, -0.15) is 21.0 Å². The van der Waals surface area contributed by atoms with E-state index in [4.69, 9.17) is 4.74 Å². The van der Waals surface area contributed by atoms with Crippen LogP contribution in [-0.4, -0.2) is 37.9 Å². The highest BCUT2D eigenvalue weighted by atomic mass is 32.2. The van der Waals surface area contributed by atoms with Gasteiger partial charge in [-0.15, -0.1) is 10.2 Å². The average Bonchev–Trinajstić information content (AvgIpc) is 3.15. The Morgan fingerprint density at radius 1 is 1.50 bits per heavy atom. The van der Waals surface area contributed by atoms with E-state index in [1.54, 1.807) is 6.92 Å². The lowest BCUT2D eigenvalue weighted by Gasteiger charge is -2.11. The number of nitrogens with one attached hydrogen (secondary N) is 1. The standard InChI is InChI=1S/C12H11N5O3S2/c1-6-9(18)13-11-14-15-12(17(11)16-6)22-8(10(19)20-2)7-3-4-21-5-7/h3-5,8H,1-2H3,(H,13,14,18)/t8-/m1/s1. The minimum Gasteiger partial charge on any atom is -0.468 e. The van der Waals surface area contributed by atoms with Gasteiger partial charge in [-0.1, -0.05) is 11.8 Å². The summed E-state index contributed by atoms with van der Waals surface area (Å²) in [5.74, 6) is -0.159. The molecule has 0 amide bonds. The predicted molar refractivity (Wildman–Crippen MR) is 81.1 cm³/mol. The minimum absolute atomic E-state index is 0.229. The molecule has 3 heterocycles. The summed E-state index contributed by atoms with van der Waals surface area (Å²) in [7, 11) is 1.34.